The molecule has 0 spiro atoms. The van der Waals surface area contributed by atoms with Crippen molar-refractivity contribution in [3.8, 4) is 0 Å². The summed E-state index contributed by atoms with van der Waals surface area (Å²) in [4.78, 5) is 12.2. The third-order valence-electron chi connectivity index (χ3n) is 4.47. The number of nitro groups is 1. The van der Waals surface area contributed by atoms with Crippen molar-refractivity contribution in [3.63, 3.8) is 0 Å². The molecule has 0 bridgehead atoms. The van der Waals surface area contributed by atoms with Crippen molar-refractivity contribution in [2.75, 3.05) is 18.0 Å². The number of nitrogens with zero attached hydrogens (tertiary/aromatic N) is 4. The van der Waals surface area contributed by atoms with Crippen molar-refractivity contribution < 1.29 is 13.3 Å². The average molecular weight is 365 g/mol. The fourth-order valence-electron chi connectivity index (χ4n) is 3.14. The topological polar surface area (TPSA) is 124 Å². The average Bonchev–Trinajstić information content (AvgIpc) is 3.00. The molecular formula is C15H19N5O4S. The Balaban J connectivity index is 1.83. The number of non-ortho nitro benzene ring substituents is 1. The first-order valence-electron chi connectivity index (χ1n) is 7.80. The molecule has 0 aliphatic carbocycles. The van der Waals surface area contributed by atoms with Crippen LogP contribution in [-0.4, -0.2) is 36.2 Å². The number of hydrogen-bond acceptors (Lipinski definition) is 6. The van der Waals surface area contributed by atoms with E-state index in [-0.39, 0.29) is 10.6 Å². The van der Waals surface area contributed by atoms with Crippen LogP contribution in [0.3, 0.4) is 0 Å². The summed E-state index contributed by atoms with van der Waals surface area (Å²) in [6.07, 6.45) is 5.57. The van der Waals surface area contributed by atoms with Gasteiger partial charge in [-0.1, -0.05) is 0 Å². The predicted octanol–water partition coefficient (Wildman–Crippen LogP) is 1.36. The van der Waals surface area contributed by atoms with Crippen LogP contribution in [-0.2, 0) is 17.1 Å². The fourth-order valence-corrected chi connectivity index (χ4v) is 3.71. The monoisotopic (exact) mass is 365 g/mol. The summed E-state index contributed by atoms with van der Waals surface area (Å²) in [5.74, 6) is 0.376. The Morgan fingerprint density at radius 3 is 2.48 bits per heavy atom. The summed E-state index contributed by atoms with van der Waals surface area (Å²) < 4.78 is 25.0. The normalized spacial score (nSPS) is 16.2. The highest BCUT2D eigenvalue weighted by molar-refractivity contribution is 7.89. The van der Waals surface area contributed by atoms with Gasteiger partial charge in [-0.3, -0.25) is 14.8 Å². The molecule has 2 heterocycles. The van der Waals surface area contributed by atoms with Crippen LogP contribution in [0, 0.1) is 10.1 Å². The molecule has 134 valence electrons. The molecule has 0 unspecified atom stereocenters. The molecule has 1 fully saturated rings. The van der Waals surface area contributed by atoms with Gasteiger partial charge >= 0.3 is 0 Å². The number of rotatable bonds is 4. The lowest BCUT2D eigenvalue weighted by atomic mass is 9.91. The van der Waals surface area contributed by atoms with E-state index in [1.165, 1.54) is 17.7 Å². The Morgan fingerprint density at radius 1 is 1.28 bits per heavy atom. The Kier molecular flexibility index (Phi) is 4.48. The third-order valence-corrected chi connectivity index (χ3v) is 5.36. The Hall–Kier alpha value is -2.46. The number of aryl methyl sites for hydroxylation is 1. The van der Waals surface area contributed by atoms with E-state index in [1.807, 2.05) is 24.3 Å². The van der Waals surface area contributed by atoms with Crippen LogP contribution in [0.1, 0.15) is 24.3 Å². The van der Waals surface area contributed by atoms with Crippen molar-refractivity contribution in [3.05, 3.63) is 46.3 Å². The molecule has 10 heteroatoms. The van der Waals surface area contributed by atoms with Crippen molar-refractivity contribution in [1.29, 1.82) is 0 Å². The fraction of sp³-hybridized carbons (Fsp3) is 0.400. The van der Waals surface area contributed by atoms with Gasteiger partial charge in [0.15, 0.2) is 0 Å². The van der Waals surface area contributed by atoms with Gasteiger partial charge in [-0.05, 0) is 30.4 Å². The number of nitro benzene ring substituents is 1. The minimum atomic E-state index is -4.01. The number of nitrogens with two attached hydrogens (primary N) is 1. The van der Waals surface area contributed by atoms with Gasteiger partial charge in [0.25, 0.3) is 5.69 Å². The Bertz CT molecular complexity index is 900. The maximum Gasteiger partial charge on any atom is 0.272 e. The highest BCUT2D eigenvalue weighted by Crippen LogP contribution is 2.32. The largest absolute Gasteiger partial charge is 0.371 e. The second-order valence-corrected chi connectivity index (χ2v) is 7.76. The number of primary sulfonamides is 1. The van der Waals surface area contributed by atoms with E-state index in [0.717, 1.165) is 18.9 Å². The molecule has 3 rings (SSSR count). The minimum absolute atomic E-state index is 0.244. The van der Waals surface area contributed by atoms with Gasteiger partial charge in [-0.2, -0.15) is 5.10 Å². The summed E-state index contributed by atoms with van der Waals surface area (Å²) in [5, 5.41) is 20.4. The summed E-state index contributed by atoms with van der Waals surface area (Å²) in [5.41, 5.74) is 1.39. The van der Waals surface area contributed by atoms with Crippen LogP contribution in [0.25, 0.3) is 0 Å². The molecule has 0 amide bonds. The van der Waals surface area contributed by atoms with Crippen LogP contribution in [0.5, 0.6) is 0 Å². The van der Waals surface area contributed by atoms with Crippen LogP contribution in [0.4, 0.5) is 11.4 Å². The van der Waals surface area contributed by atoms with Gasteiger partial charge in [-0.25, -0.2) is 13.6 Å². The van der Waals surface area contributed by atoms with E-state index in [1.54, 1.807) is 4.68 Å². The zero-order valence-electron chi connectivity index (χ0n) is 13.7. The Morgan fingerprint density at radius 2 is 1.96 bits per heavy atom. The van der Waals surface area contributed by atoms with Crippen molar-refractivity contribution in [1.82, 2.24) is 9.78 Å². The number of aromatic nitrogens is 2. The minimum Gasteiger partial charge on any atom is -0.371 e. The van der Waals surface area contributed by atoms with Gasteiger partial charge in [-0.15, -0.1) is 0 Å². The molecule has 1 aliphatic heterocycles. The first-order valence-corrected chi connectivity index (χ1v) is 9.34. The summed E-state index contributed by atoms with van der Waals surface area (Å²) in [6.45, 7) is 1.34. The number of hydrogen-bond donors (Lipinski definition) is 1. The van der Waals surface area contributed by atoms with Gasteiger partial charge in [0, 0.05) is 44.2 Å². The van der Waals surface area contributed by atoms with E-state index < -0.39 is 14.9 Å². The molecule has 1 saturated heterocycles. The standard InChI is InChI=1S/C15H19N5O4S/c1-18-10-12(9-17-18)11-2-4-19(5-3-11)13-6-14(20(21)22)8-15(7-13)25(16,23)24/h6-11H,2-5H2,1H3,(H2,16,23,24). The van der Waals surface area contributed by atoms with Crippen molar-refractivity contribution in [2.24, 2.45) is 12.2 Å². The van der Waals surface area contributed by atoms with Gasteiger partial charge < -0.3 is 4.90 Å². The SMILES string of the molecule is Cn1cc(C2CCN(c3cc([N+](=O)[O-])cc(S(N)(=O)=O)c3)CC2)cn1. The summed E-state index contributed by atoms with van der Waals surface area (Å²) >= 11 is 0. The number of benzene rings is 1. The summed E-state index contributed by atoms with van der Waals surface area (Å²) in [6, 6.07) is 3.77. The summed E-state index contributed by atoms with van der Waals surface area (Å²) in [7, 11) is -2.14. The van der Waals surface area contributed by atoms with Crippen molar-refractivity contribution in [2.45, 2.75) is 23.7 Å². The first-order chi connectivity index (χ1) is 11.7. The second kappa shape index (κ2) is 6.45. The van der Waals surface area contributed by atoms with Crippen molar-refractivity contribution >= 4 is 21.4 Å². The maximum absolute atomic E-state index is 11.6. The van der Waals surface area contributed by atoms with Crippen LogP contribution in [0.15, 0.2) is 35.5 Å². The van der Waals surface area contributed by atoms with E-state index in [4.69, 9.17) is 5.14 Å². The molecular weight excluding hydrogens is 346 g/mol. The zero-order valence-corrected chi connectivity index (χ0v) is 14.5. The first kappa shape index (κ1) is 17.4. The maximum atomic E-state index is 11.6. The predicted molar refractivity (Wildman–Crippen MR) is 91.9 cm³/mol. The number of anilines is 1. The second-order valence-electron chi connectivity index (χ2n) is 6.20. The van der Waals surface area contributed by atoms with E-state index in [2.05, 4.69) is 5.10 Å². The molecule has 2 aromatic rings. The molecule has 1 aliphatic rings. The van der Waals surface area contributed by atoms with Gasteiger partial charge in [0.1, 0.15) is 0 Å². The molecule has 0 saturated carbocycles. The third kappa shape index (κ3) is 3.80. The Labute approximate surface area is 145 Å². The van der Waals surface area contributed by atoms with E-state index >= 15 is 0 Å². The quantitative estimate of drug-likeness (QED) is 0.644. The van der Waals surface area contributed by atoms with Gasteiger partial charge in [0.2, 0.25) is 10.0 Å². The highest BCUT2D eigenvalue weighted by Gasteiger charge is 2.24. The highest BCUT2D eigenvalue weighted by atomic mass is 32.2. The molecule has 25 heavy (non-hydrogen) atoms. The number of piperidine rings is 1. The van der Waals surface area contributed by atoms with Crippen LogP contribution in [0.2, 0.25) is 0 Å². The molecule has 2 N–H and O–H groups in total. The van der Waals surface area contributed by atoms with Crippen LogP contribution < -0.4 is 10.0 Å². The van der Waals surface area contributed by atoms with E-state index in [0.29, 0.717) is 24.7 Å². The molecule has 1 aromatic heterocycles. The molecule has 0 radical (unpaired) electrons. The van der Waals surface area contributed by atoms with Crippen LogP contribution >= 0.6 is 0 Å². The zero-order chi connectivity index (χ0) is 18.2. The molecule has 0 atom stereocenters. The lowest BCUT2D eigenvalue weighted by molar-refractivity contribution is -0.385. The lowest BCUT2D eigenvalue weighted by Gasteiger charge is -2.33. The lowest BCUT2D eigenvalue weighted by Crippen LogP contribution is -2.33. The smallest absolute Gasteiger partial charge is 0.272 e. The molecule has 1 aromatic carbocycles. The van der Waals surface area contributed by atoms with Gasteiger partial charge in [0.05, 0.1) is 16.0 Å². The van der Waals surface area contributed by atoms with E-state index in [9.17, 15) is 18.5 Å². The number of sulfonamides is 1. The molecule has 9 nitrogen and oxygen atoms in total.